The van der Waals surface area contributed by atoms with Crippen LogP contribution in [0, 0.1) is 0 Å². The summed E-state index contributed by atoms with van der Waals surface area (Å²) in [5.74, 6) is -1.18. The summed E-state index contributed by atoms with van der Waals surface area (Å²) in [6.45, 7) is 1.27. The zero-order valence-corrected chi connectivity index (χ0v) is 8.69. The molecule has 0 spiro atoms. The second kappa shape index (κ2) is 4.46. The number of carboxylic acid groups (broad SMARTS) is 1. The van der Waals surface area contributed by atoms with E-state index in [9.17, 15) is 9.59 Å². The smallest absolute Gasteiger partial charge is 0.341 e. The molecule has 0 radical (unpaired) electrons. The lowest BCUT2D eigenvalue weighted by atomic mass is 10.0. The minimum atomic E-state index is -1.18. The molecule has 0 saturated heterocycles. The molecule has 0 bridgehead atoms. The van der Waals surface area contributed by atoms with Crippen molar-refractivity contribution in [2.24, 2.45) is 0 Å². The Morgan fingerprint density at radius 1 is 1.47 bits per heavy atom. The molecule has 0 aromatic carbocycles. The fourth-order valence-electron chi connectivity index (χ4n) is 1.61. The van der Waals surface area contributed by atoms with Gasteiger partial charge in [-0.1, -0.05) is 0 Å². The molecule has 2 rings (SSSR count). The number of hydrogen-bond donors (Lipinski definition) is 3. The third-order valence-electron chi connectivity index (χ3n) is 2.36. The molecule has 1 aliphatic heterocycles. The minimum absolute atomic E-state index is 0. The van der Waals surface area contributed by atoms with E-state index in [4.69, 9.17) is 5.11 Å². The fourth-order valence-corrected chi connectivity index (χ4v) is 1.61. The van der Waals surface area contributed by atoms with E-state index in [0.717, 1.165) is 18.7 Å². The van der Waals surface area contributed by atoms with Crippen LogP contribution in [0.3, 0.4) is 0 Å². The summed E-state index contributed by atoms with van der Waals surface area (Å²) in [6.07, 6.45) is 2.01. The molecule has 0 fully saturated rings. The van der Waals surface area contributed by atoms with Crippen molar-refractivity contribution in [3.63, 3.8) is 0 Å². The van der Waals surface area contributed by atoms with E-state index in [1.807, 2.05) is 0 Å². The molecule has 0 amide bonds. The van der Waals surface area contributed by atoms with E-state index in [0.29, 0.717) is 12.1 Å². The molecule has 1 aliphatic rings. The average Bonchev–Trinajstić information content (AvgIpc) is 2.18. The number of nitrogens with one attached hydrogen (secondary N) is 2. The van der Waals surface area contributed by atoms with E-state index in [1.54, 1.807) is 0 Å². The van der Waals surface area contributed by atoms with Gasteiger partial charge in [-0.2, -0.15) is 0 Å². The van der Waals surface area contributed by atoms with Gasteiger partial charge in [0.15, 0.2) is 0 Å². The summed E-state index contributed by atoms with van der Waals surface area (Å²) < 4.78 is 0. The van der Waals surface area contributed by atoms with Gasteiger partial charge in [0.2, 0.25) is 5.43 Å². The van der Waals surface area contributed by atoms with Gasteiger partial charge in [-0.3, -0.25) is 4.79 Å². The highest BCUT2D eigenvalue weighted by atomic mass is 35.5. The number of aromatic carboxylic acids is 1. The van der Waals surface area contributed by atoms with Gasteiger partial charge in [0, 0.05) is 37.0 Å². The normalized spacial score (nSPS) is 13.9. The quantitative estimate of drug-likeness (QED) is 0.641. The first-order valence-electron chi connectivity index (χ1n) is 4.37. The number of fused-ring (bicyclic) bond motifs is 1. The molecule has 0 atom stereocenters. The lowest BCUT2D eigenvalue weighted by Gasteiger charge is -2.15. The molecule has 3 N–H and O–H groups in total. The van der Waals surface area contributed by atoms with Gasteiger partial charge < -0.3 is 15.4 Å². The van der Waals surface area contributed by atoms with E-state index < -0.39 is 5.97 Å². The fraction of sp³-hybridized carbons (Fsp3) is 0.333. The molecule has 5 nitrogen and oxygen atoms in total. The van der Waals surface area contributed by atoms with Gasteiger partial charge >= 0.3 is 5.97 Å². The topological polar surface area (TPSA) is 82.2 Å². The second-order valence-corrected chi connectivity index (χ2v) is 3.22. The molecule has 15 heavy (non-hydrogen) atoms. The van der Waals surface area contributed by atoms with Crippen LogP contribution < -0.4 is 10.7 Å². The van der Waals surface area contributed by atoms with Crippen molar-refractivity contribution < 1.29 is 9.90 Å². The van der Waals surface area contributed by atoms with Crippen LogP contribution in [0.1, 0.15) is 21.6 Å². The lowest BCUT2D eigenvalue weighted by molar-refractivity contribution is 0.0695. The van der Waals surface area contributed by atoms with Crippen molar-refractivity contribution in [2.45, 2.75) is 13.0 Å². The van der Waals surface area contributed by atoms with Crippen LogP contribution in [0.5, 0.6) is 0 Å². The highest BCUT2D eigenvalue weighted by Gasteiger charge is 2.17. The standard InChI is InChI=1S/C9H10N2O3.ClH/c12-8-5-3-10-2-1-7(5)11-4-6(8)9(13)14;/h4,10H,1-3H2,(H,11,12)(H,13,14);1H. The molecular formula is C9H11ClN2O3. The number of carboxylic acids is 1. The number of aromatic nitrogens is 1. The summed E-state index contributed by atoms with van der Waals surface area (Å²) >= 11 is 0. The van der Waals surface area contributed by atoms with E-state index in [-0.39, 0.29) is 23.4 Å². The number of H-pyrrole nitrogens is 1. The maximum Gasteiger partial charge on any atom is 0.341 e. The van der Waals surface area contributed by atoms with Crippen molar-refractivity contribution in [1.29, 1.82) is 0 Å². The zero-order valence-electron chi connectivity index (χ0n) is 7.87. The van der Waals surface area contributed by atoms with Gasteiger partial charge in [-0.05, 0) is 0 Å². The number of rotatable bonds is 1. The number of carbonyl (C=O) groups is 1. The van der Waals surface area contributed by atoms with Crippen LogP contribution in [-0.4, -0.2) is 22.6 Å². The van der Waals surface area contributed by atoms with Crippen molar-refractivity contribution in [3.05, 3.63) is 33.2 Å². The van der Waals surface area contributed by atoms with Crippen LogP contribution in [0.15, 0.2) is 11.0 Å². The van der Waals surface area contributed by atoms with Crippen molar-refractivity contribution >= 4 is 18.4 Å². The largest absolute Gasteiger partial charge is 0.477 e. The maximum absolute atomic E-state index is 11.6. The Labute approximate surface area is 91.9 Å². The predicted molar refractivity (Wildman–Crippen MR) is 56.7 cm³/mol. The highest BCUT2D eigenvalue weighted by Crippen LogP contribution is 2.07. The molecule has 82 valence electrons. The van der Waals surface area contributed by atoms with Crippen molar-refractivity contribution in [3.8, 4) is 0 Å². The molecule has 0 aliphatic carbocycles. The van der Waals surface area contributed by atoms with Crippen molar-refractivity contribution in [2.75, 3.05) is 6.54 Å². The molecule has 6 heteroatoms. The van der Waals surface area contributed by atoms with Gasteiger partial charge in [-0.15, -0.1) is 12.4 Å². The summed E-state index contributed by atoms with van der Waals surface area (Å²) in [5.41, 5.74) is 0.834. The summed E-state index contributed by atoms with van der Waals surface area (Å²) in [5, 5.41) is 11.8. The summed E-state index contributed by atoms with van der Waals surface area (Å²) in [6, 6.07) is 0. The monoisotopic (exact) mass is 230 g/mol. The van der Waals surface area contributed by atoms with Crippen LogP contribution in [0.4, 0.5) is 0 Å². The Balaban J connectivity index is 0.00000112. The van der Waals surface area contributed by atoms with E-state index in [2.05, 4.69) is 10.3 Å². The summed E-state index contributed by atoms with van der Waals surface area (Å²) in [7, 11) is 0. The van der Waals surface area contributed by atoms with Crippen LogP contribution in [-0.2, 0) is 13.0 Å². The number of pyridine rings is 1. The maximum atomic E-state index is 11.6. The number of aromatic amines is 1. The Hall–Kier alpha value is -1.33. The van der Waals surface area contributed by atoms with Crippen LogP contribution >= 0.6 is 12.4 Å². The van der Waals surface area contributed by atoms with E-state index in [1.165, 1.54) is 6.20 Å². The first kappa shape index (κ1) is 11.7. The molecule has 1 aromatic rings. The molecular weight excluding hydrogens is 220 g/mol. The highest BCUT2D eigenvalue weighted by molar-refractivity contribution is 5.87. The zero-order chi connectivity index (χ0) is 10.1. The van der Waals surface area contributed by atoms with Crippen molar-refractivity contribution in [1.82, 2.24) is 10.3 Å². The Morgan fingerprint density at radius 2 is 2.20 bits per heavy atom. The van der Waals surface area contributed by atoms with Gasteiger partial charge in [0.25, 0.3) is 0 Å². The average molecular weight is 231 g/mol. The Kier molecular flexibility index (Phi) is 3.49. The minimum Gasteiger partial charge on any atom is -0.477 e. The first-order chi connectivity index (χ1) is 6.70. The van der Waals surface area contributed by atoms with Gasteiger partial charge in [0.1, 0.15) is 5.56 Å². The van der Waals surface area contributed by atoms with Gasteiger partial charge in [0.05, 0.1) is 0 Å². The molecule has 0 unspecified atom stereocenters. The third-order valence-corrected chi connectivity index (χ3v) is 2.36. The van der Waals surface area contributed by atoms with Gasteiger partial charge in [-0.25, -0.2) is 4.79 Å². The SMILES string of the molecule is Cl.O=C(O)c1c[nH]c2c(c1=O)CNCC2. The lowest BCUT2D eigenvalue weighted by Crippen LogP contribution is -2.32. The summed E-state index contributed by atoms with van der Waals surface area (Å²) in [4.78, 5) is 25.1. The second-order valence-electron chi connectivity index (χ2n) is 3.22. The Bertz CT molecular complexity index is 441. The molecule has 2 heterocycles. The Morgan fingerprint density at radius 3 is 2.87 bits per heavy atom. The first-order valence-corrected chi connectivity index (χ1v) is 4.37. The van der Waals surface area contributed by atoms with Crippen LogP contribution in [0.2, 0.25) is 0 Å². The van der Waals surface area contributed by atoms with E-state index >= 15 is 0 Å². The number of halogens is 1. The predicted octanol–water partition coefficient (Wildman–Crippen LogP) is 0.141. The molecule has 1 aromatic heterocycles. The molecule has 0 saturated carbocycles. The van der Waals surface area contributed by atoms with Crippen LogP contribution in [0.25, 0.3) is 0 Å². The number of hydrogen-bond acceptors (Lipinski definition) is 3. The third kappa shape index (κ3) is 2.03.